The quantitative estimate of drug-likeness (QED) is 0.639. The van der Waals surface area contributed by atoms with Gasteiger partial charge in [-0.3, -0.25) is 4.79 Å². The average molecular weight is 404 g/mol. The van der Waals surface area contributed by atoms with Crippen molar-refractivity contribution in [2.24, 2.45) is 0 Å². The molecule has 0 aliphatic carbocycles. The Morgan fingerprint density at radius 1 is 0.759 bits per heavy atom. The summed E-state index contributed by atoms with van der Waals surface area (Å²) < 4.78 is 31.8. The minimum absolute atomic E-state index is 0.00846. The van der Waals surface area contributed by atoms with Crippen LogP contribution in [-0.2, 0) is 0 Å². The first kappa shape index (κ1) is 20.0. The minimum Gasteiger partial charge on any atom is -0.504 e. The molecule has 29 heavy (non-hydrogen) atoms. The Balaban J connectivity index is 2.41. The number of phenolic OH excluding ortho intramolecular Hbond substituents is 2. The molecular weight excluding hydrogens is 384 g/mol. The van der Waals surface area contributed by atoms with E-state index in [-0.39, 0.29) is 51.2 Å². The van der Waals surface area contributed by atoms with E-state index in [4.69, 9.17) is 28.1 Å². The molecule has 1 aromatic heterocycles. The van der Waals surface area contributed by atoms with Crippen molar-refractivity contribution in [3.05, 3.63) is 28.4 Å². The second-order valence-electron chi connectivity index (χ2n) is 5.86. The van der Waals surface area contributed by atoms with Gasteiger partial charge in [-0.25, -0.2) is 0 Å². The smallest absolute Gasteiger partial charge is 0.239 e. The Hall–Kier alpha value is -3.75. The van der Waals surface area contributed by atoms with Crippen molar-refractivity contribution in [3.63, 3.8) is 0 Å². The lowest BCUT2D eigenvalue weighted by Crippen LogP contribution is -2.08. The van der Waals surface area contributed by atoms with E-state index in [1.54, 1.807) is 0 Å². The van der Waals surface area contributed by atoms with Crippen LogP contribution in [-0.4, -0.2) is 45.8 Å². The van der Waals surface area contributed by atoms with Gasteiger partial charge in [0.1, 0.15) is 11.0 Å². The minimum atomic E-state index is -0.628. The molecule has 0 unspecified atom stereocenters. The number of methoxy groups -OCH3 is 5. The molecule has 0 aliphatic rings. The molecule has 2 N–H and O–H groups in total. The molecule has 0 aliphatic heterocycles. The molecule has 0 atom stereocenters. The fourth-order valence-corrected chi connectivity index (χ4v) is 3.08. The Labute approximate surface area is 165 Å². The number of rotatable bonds is 6. The highest BCUT2D eigenvalue weighted by molar-refractivity contribution is 5.91. The van der Waals surface area contributed by atoms with E-state index in [1.165, 1.54) is 53.7 Å². The van der Waals surface area contributed by atoms with Crippen molar-refractivity contribution in [1.82, 2.24) is 0 Å². The number of hydrogen-bond acceptors (Lipinski definition) is 9. The van der Waals surface area contributed by atoms with Gasteiger partial charge in [-0.1, -0.05) is 0 Å². The molecule has 0 saturated carbocycles. The van der Waals surface area contributed by atoms with Crippen molar-refractivity contribution in [1.29, 1.82) is 0 Å². The van der Waals surface area contributed by atoms with Gasteiger partial charge in [-0.15, -0.1) is 0 Å². The topological polar surface area (TPSA) is 117 Å². The molecule has 9 heteroatoms. The lowest BCUT2D eigenvalue weighted by molar-refractivity contribution is 0.332. The first-order valence-electron chi connectivity index (χ1n) is 8.35. The van der Waals surface area contributed by atoms with Crippen molar-refractivity contribution >= 4 is 11.0 Å². The van der Waals surface area contributed by atoms with Gasteiger partial charge in [-0.05, 0) is 12.1 Å². The van der Waals surface area contributed by atoms with Gasteiger partial charge in [-0.2, -0.15) is 0 Å². The second-order valence-corrected chi connectivity index (χ2v) is 5.86. The van der Waals surface area contributed by atoms with E-state index in [9.17, 15) is 15.0 Å². The van der Waals surface area contributed by atoms with Crippen LogP contribution in [0.4, 0.5) is 0 Å². The Bertz CT molecular complexity index is 1130. The van der Waals surface area contributed by atoms with E-state index < -0.39 is 11.2 Å². The van der Waals surface area contributed by atoms with Crippen LogP contribution in [0.15, 0.2) is 27.4 Å². The molecule has 0 fully saturated rings. The third-order valence-electron chi connectivity index (χ3n) is 4.39. The highest BCUT2D eigenvalue weighted by atomic mass is 16.5. The molecule has 2 aromatic carbocycles. The lowest BCUT2D eigenvalue weighted by Gasteiger charge is -2.15. The SMILES string of the molecule is COc1cc(-c2oc3cc(OC)c(OC)c(O)c3c(=O)c2OC)cc(O)c1OC. The van der Waals surface area contributed by atoms with Gasteiger partial charge >= 0.3 is 0 Å². The molecule has 0 radical (unpaired) electrons. The van der Waals surface area contributed by atoms with Crippen LogP contribution in [0, 0.1) is 0 Å². The fourth-order valence-electron chi connectivity index (χ4n) is 3.08. The van der Waals surface area contributed by atoms with Crippen LogP contribution in [0.2, 0.25) is 0 Å². The maximum atomic E-state index is 13.0. The predicted molar refractivity (Wildman–Crippen MR) is 104 cm³/mol. The fraction of sp³-hybridized carbons (Fsp3) is 0.250. The highest BCUT2D eigenvalue weighted by Crippen LogP contribution is 2.46. The first-order valence-corrected chi connectivity index (χ1v) is 8.35. The van der Waals surface area contributed by atoms with Crippen LogP contribution < -0.4 is 29.1 Å². The van der Waals surface area contributed by atoms with Gasteiger partial charge in [0, 0.05) is 11.6 Å². The van der Waals surface area contributed by atoms with E-state index in [0.717, 1.165) is 0 Å². The monoisotopic (exact) mass is 404 g/mol. The van der Waals surface area contributed by atoms with Gasteiger partial charge in [0.2, 0.25) is 22.7 Å². The molecule has 154 valence electrons. The zero-order valence-electron chi connectivity index (χ0n) is 16.5. The third kappa shape index (κ3) is 3.10. The normalized spacial score (nSPS) is 10.7. The lowest BCUT2D eigenvalue weighted by atomic mass is 10.1. The Morgan fingerprint density at radius 2 is 1.34 bits per heavy atom. The summed E-state index contributed by atoms with van der Waals surface area (Å²) in [6, 6.07) is 4.28. The van der Waals surface area contributed by atoms with E-state index >= 15 is 0 Å². The maximum Gasteiger partial charge on any atom is 0.239 e. The summed E-state index contributed by atoms with van der Waals surface area (Å²) >= 11 is 0. The van der Waals surface area contributed by atoms with Crippen LogP contribution in [0.3, 0.4) is 0 Å². The second kappa shape index (κ2) is 7.70. The standard InChI is InChI=1S/C20H20O9/c1-24-12-7-9(6-10(21)18(12)26-3)17-20(28-5)16(23)14-11(29-17)8-13(25-2)19(27-4)15(14)22/h6-8,21-22H,1-5H3. The summed E-state index contributed by atoms with van der Waals surface area (Å²) in [5.41, 5.74) is -0.294. The molecule has 9 nitrogen and oxygen atoms in total. The first-order chi connectivity index (χ1) is 13.9. The number of phenols is 2. The van der Waals surface area contributed by atoms with Gasteiger partial charge in [0.05, 0.1) is 35.5 Å². The van der Waals surface area contributed by atoms with E-state index in [1.807, 2.05) is 0 Å². The van der Waals surface area contributed by atoms with Crippen molar-refractivity contribution in [2.75, 3.05) is 35.5 Å². The number of benzene rings is 2. The van der Waals surface area contributed by atoms with E-state index in [2.05, 4.69) is 0 Å². The van der Waals surface area contributed by atoms with Crippen LogP contribution >= 0.6 is 0 Å². The number of ether oxygens (including phenoxy) is 5. The molecule has 3 rings (SSSR count). The number of aromatic hydroxyl groups is 2. The van der Waals surface area contributed by atoms with Crippen molar-refractivity contribution < 1.29 is 38.3 Å². The van der Waals surface area contributed by atoms with Crippen LogP contribution in [0.5, 0.6) is 40.2 Å². The van der Waals surface area contributed by atoms with Gasteiger partial charge in [0.25, 0.3) is 0 Å². The molecule has 0 bridgehead atoms. The summed E-state index contributed by atoms with van der Waals surface area (Å²) in [5.74, 6) is -0.292. The molecule has 0 amide bonds. The molecule has 0 spiro atoms. The summed E-state index contributed by atoms with van der Waals surface area (Å²) in [4.78, 5) is 13.0. The summed E-state index contributed by atoms with van der Waals surface area (Å²) in [5, 5.41) is 20.7. The number of hydrogen-bond donors (Lipinski definition) is 2. The molecular formula is C20H20O9. The number of fused-ring (bicyclic) bond motifs is 1. The zero-order valence-corrected chi connectivity index (χ0v) is 16.5. The zero-order chi connectivity index (χ0) is 21.3. The van der Waals surface area contributed by atoms with Crippen LogP contribution in [0.1, 0.15) is 0 Å². The summed E-state index contributed by atoms with van der Waals surface area (Å²) in [7, 11) is 6.81. The predicted octanol–water partition coefficient (Wildman–Crippen LogP) is 2.91. The van der Waals surface area contributed by atoms with Gasteiger partial charge < -0.3 is 38.3 Å². The average Bonchev–Trinajstić information content (AvgIpc) is 2.72. The van der Waals surface area contributed by atoms with Crippen molar-refractivity contribution in [2.45, 2.75) is 0 Å². The van der Waals surface area contributed by atoms with Crippen LogP contribution in [0.25, 0.3) is 22.3 Å². The van der Waals surface area contributed by atoms with Gasteiger partial charge in [0.15, 0.2) is 28.8 Å². The Morgan fingerprint density at radius 3 is 1.90 bits per heavy atom. The third-order valence-corrected chi connectivity index (χ3v) is 4.39. The maximum absolute atomic E-state index is 13.0. The molecule has 0 saturated heterocycles. The summed E-state index contributed by atoms with van der Waals surface area (Å²) in [6.45, 7) is 0. The highest BCUT2D eigenvalue weighted by Gasteiger charge is 2.25. The van der Waals surface area contributed by atoms with Crippen molar-refractivity contribution in [3.8, 4) is 51.6 Å². The summed E-state index contributed by atoms with van der Waals surface area (Å²) in [6.07, 6.45) is 0. The largest absolute Gasteiger partial charge is 0.504 e. The Kier molecular flexibility index (Phi) is 5.31. The van der Waals surface area contributed by atoms with E-state index in [0.29, 0.717) is 5.56 Å². The molecule has 3 aromatic rings. The molecule has 1 heterocycles.